The van der Waals surface area contributed by atoms with E-state index in [0.717, 1.165) is 36.4 Å². The maximum Gasteiger partial charge on any atom is 0.308 e. The zero-order chi connectivity index (χ0) is 14.4. The molecule has 3 heterocycles. The van der Waals surface area contributed by atoms with Gasteiger partial charge < -0.3 is 10.0 Å². The summed E-state index contributed by atoms with van der Waals surface area (Å²) in [4.78, 5) is 17.8. The van der Waals surface area contributed by atoms with Crippen LogP contribution in [-0.2, 0) is 4.79 Å². The van der Waals surface area contributed by atoms with Crippen LogP contribution in [0.25, 0.3) is 5.52 Å². The molecule has 2 fully saturated rings. The first kappa shape index (κ1) is 12.6. The van der Waals surface area contributed by atoms with E-state index in [1.165, 1.54) is 12.8 Å². The van der Waals surface area contributed by atoms with Crippen molar-refractivity contribution >= 4 is 17.3 Å². The Kier molecular flexibility index (Phi) is 2.83. The topological polar surface area (TPSA) is 70.7 Å². The molecule has 1 saturated heterocycles. The van der Waals surface area contributed by atoms with Crippen LogP contribution >= 0.6 is 0 Å². The molecule has 0 bridgehead atoms. The van der Waals surface area contributed by atoms with Crippen molar-refractivity contribution in [2.24, 2.45) is 5.92 Å². The molecule has 4 rings (SSSR count). The summed E-state index contributed by atoms with van der Waals surface area (Å²) in [5.41, 5.74) is 2.13. The van der Waals surface area contributed by atoms with Gasteiger partial charge in [-0.3, -0.25) is 4.79 Å². The Morgan fingerprint density at radius 2 is 2.19 bits per heavy atom. The van der Waals surface area contributed by atoms with Crippen LogP contribution in [0.5, 0.6) is 0 Å². The smallest absolute Gasteiger partial charge is 0.308 e. The molecule has 0 aromatic carbocycles. The molecule has 1 aliphatic heterocycles. The summed E-state index contributed by atoms with van der Waals surface area (Å²) in [5, 5.41) is 13.9. The summed E-state index contributed by atoms with van der Waals surface area (Å²) in [6.45, 7) is 1.40. The fourth-order valence-electron chi connectivity index (χ4n) is 3.12. The molecule has 2 aliphatic rings. The van der Waals surface area contributed by atoms with Crippen molar-refractivity contribution in [2.45, 2.75) is 31.6 Å². The first-order valence-corrected chi connectivity index (χ1v) is 7.54. The summed E-state index contributed by atoms with van der Waals surface area (Å²) >= 11 is 0. The molecule has 0 amide bonds. The van der Waals surface area contributed by atoms with Crippen molar-refractivity contribution in [2.75, 3.05) is 18.0 Å². The molecule has 1 aliphatic carbocycles. The molecule has 21 heavy (non-hydrogen) atoms. The van der Waals surface area contributed by atoms with E-state index in [2.05, 4.69) is 21.0 Å². The third kappa shape index (κ3) is 2.24. The Morgan fingerprint density at radius 3 is 2.95 bits per heavy atom. The Morgan fingerprint density at radius 1 is 1.33 bits per heavy atom. The summed E-state index contributed by atoms with van der Waals surface area (Å²) in [5.74, 6) is 0.458. The van der Waals surface area contributed by atoms with Crippen molar-refractivity contribution in [1.29, 1.82) is 0 Å². The number of rotatable bonds is 3. The number of carboxylic acid groups (broad SMARTS) is 1. The van der Waals surface area contributed by atoms with Gasteiger partial charge in [0.15, 0.2) is 5.82 Å². The number of anilines is 1. The van der Waals surface area contributed by atoms with Gasteiger partial charge in [-0.15, -0.1) is 0 Å². The second kappa shape index (κ2) is 4.72. The van der Waals surface area contributed by atoms with Crippen molar-refractivity contribution in [3.63, 3.8) is 0 Å². The highest BCUT2D eigenvalue weighted by atomic mass is 16.4. The predicted octanol–water partition coefficient (Wildman–Crippen LogP) is 1.91. The molecule has 2 aromatic heterocycles. The molecule has 6 heteroatoms. The molecule has 0 unspecified atom stereocenters. The second-order valence-electron chi connectivity index (χ2n) is 6.05. The molecule has 2 aromatic rings. The van der Waals surface area contributed by atoms with Gasteiger partial charge in [0.25, 0.3) is 0 Å². The normalized spacial score (nSPS) is 22.7. The lowest BCUT2D eigenvalue weighted by Gasteiger charge is -2.31. The van der Waals surface area contributed by atoms with Gasteiger partial charge in [0, 0.05) is 31.4 Å². The third-order valence-electron chi connectivity index (χ3n) is 4.45. The molecule has 0 spiro atoms. The minimum Gasteiger partial charge on any atom is -0.481 e. The highest BCUT2D eigenvalue weighted by Gasteiger charge is 2.29. The van der Waals surface area contributed by atoms with Gasteiger partial charge in [-0.25, -0.2) is 9.50 Å². The van der Waals surface area contributed by atoms with Gasteiger partial charge in [-0.2, -0.15) is 5.10 Å². The van der Waals surface area contributed by atoms with E-state index in [9.17, 15) is 9.90 Å². The van der Waals surface area contributed by atoms with E-state index in [1.807, 2.05) is 10.7 Å². The van der Waals surface area contributed by atoms with Gasteiger partial charge in [0.1, 0.15) is 5.52 Å². The van der Waals surface area contributed by atoms with Gasteiger partial charge >= 0.3 is 5.97 Å². The number of carboxylic acids is 1. The van der Waals surface area contributed by atoms with Crippen LogP contribution in [0, 0.1) is 5.92 Å². The molecule has 1 N–H and O–H groups in total. The quantitative estimate of drug-likeness (QED) is 0.933. The summed E-state index contributed by atoms with van der Waals surface area (Å²) in [6.07, 6.45) is 7.69. The molecular formula is C15H18N4O2. The Hall–Kier alpha value is -2.11. The zero-order valence-electron chi connectivity index (χ0n) is 11.8. The van der Waals surface area contributed by atoms with Crippen molar-refractivity contribution in [3.8, 4) is 0 Å². The number of hydrogen-bond donors (Lipinski definition) is 1. The molecule has 1 atom stereocenters. The van der Waals surface area contributed by atoms with E-state index < -0.39 is 5.97 Å². The van der Waals surface area contributed by atoms with Gasteiger partial charge in [-0.1, -0.05) is 0 Å². The van der Waals surface area contributed by atoms with Crippen LogP contribution in [0.15, 0.2) is 18.5 Å². The third-order valence-corrected chi connectivity index (χ3v) is 4.45. The fraction of sp³-hybridized carbons (Fsp3) is 0.533. The molecule has 6 nitrogen and oxygen atoms in total. The van der Waals surface area contributed by atoms with E-state index in [4.69, 9.17) is 0 Å². The fourth-order valence-corrected chi connectivity index (χ4v) is 3.12. The maximum absolute atomic E-state index is 11.2. The van der Waals surface area contributed by atoms with Crippen LogP contribution in [-0.4, -0.2) is 38.8 Å². The average Bonchev–Trinajstić information content (AvgIpc) is 3.26. The van der Waals surface area contributed by atoms with Crippen molar-refractivity contribution in [1.82, 2.24) is 14.6 Å². The lowest BCUT2D eigenvalue weighted by atomic mass is 9.98. The predicted molar refractivity (Wildman–Crippen MR) is 77.5 cm³/mol. The molecule has 0 radical (unpaired) electrons. The molecule has 1 saturated carbocycles. The number of hydrogen-bond acceptors (Lipinski definition) is 4. The largest absolute Gasteiger partial charge is 0.481 e. The Balaban J connectivity index is 1.70. The second-order valence-corrected chi connectivity index (χ2v) is 6.05. The summed E-state index contributed by atoms with van der Waals surface area (Å²) in [6, 6.07) is 2.12. The first-order valence-electron chi connectivity index (χ1n) is 7.54. The van der Waals surface area contributed by atoms with Gasteiger partial charge in [0.05, 0.1) is 11.6 Å². The van der Waals surface area contributed by atoms with Crippen molar-refractivity contribution < 1.29 is 9.90 Å². The number of aromatic nitrogens is 3. The Labute approximate surface area is 122 Å². The first-order chi connectivity index (χ1) is 10.2. The minimum atomic E-state index is -0.709. The van der Waals surface area contributed by atoms with E-state index in [1.54, 1.807) is 6.20 Å². The zero-order valence-corrected chi connectivity index (χ0v) is 11.8. The standard InChI is InChI=1S/C15H18N4O2/c20-15(21)11-2-1-6-18(9-11)14-13-8-12(10-3-4-10)17-19(13)7-5-16-14/h5,7-8,10-11H,1-4,6,9H2,(H,20,21)/t11-/m0/s1. The van der Waals surface area contributed by atoms with Crippen LogP contribution in [0.3, 0.4) is 0 Å². The lowest BCUT2D eigenvalue weighted by Crippen LogP contribution is -2.39. The van der Waals surface area contributed by atoms with Crippen molar-refractivity contribution in [3.05, 3.63) is 24.2 Å². The summed E-state index contributed by atoms with van der Waals surface area (Å²) in [7, 11) is 0. The van der Waals surface area contributed by atoms with Gasteiger partial charge in [-0.05, 0) is 31.7 Å². The summed E-state index contributed by atoms with van der Waals surface area (Å²) < 4.78 is 1.88. The van der Waals surface area contributed by atoms with E-state index in [0.29, 0.717) is 12.5 Å². The monoisotopic (exact) mass is 286 g/mol. The lowest BCUT2D eigenvalue weighted by molar-refractivity contribution is -0.141. The van der Waals surface area contributed by atoms with Crippen LogP contribution < -0.4 is 4.90 Å². The number of carbonyl (C=O) groups is 1. The Bertz CT molecular complexity index is 692. The molecular weight excluding hydrogens is 268 g/mol. The maximum atomic E-state index is 11.2. The minimum absolute atomic E-state index is 0.299. The van der Waals surface area contributed by atoms with Gasteiger partial charge in [0.2, 0.25) is 0 Å². The van der Waals surface area contributed by atoms with Crippen LogP contribution in [0.1, 0.15) is 37.3 Å². The van der Waals surface area contributed by atoms with Crippen LogP contribution in [0.2, 0.25) is 0 Å². The highest BCUT2D eigenvalue weighted by molar-refractivity contribution is 5.73. The average molecular weight is 286 g/mol. The highest BCUT2D eigenvalue weighted by Crippen LogP contribution is 2.40. The SMILES string of the molecule is O=C(O)[C@H]1CCCN(c2nccn3nc(C4CC4)cc23)C1. The number of fused-ring (bicyclic) bond motifs is 1. The number of piperidine rings is 1. The number of nitrogens with zero attached hydrogens (tertiary/aromatic N) is 4. The molecule has 110 valence electrons. The van der Waals surface area contributed by atoms with E-state index >= 15 is 0 Å². The number of aliphatic carboxylic acids is 1. The van der Waals surface area contributed by atoms with Crippen LogP contribution in [0.4, 0.5) is 5.82 Å². The van der Waals surface area contributed by atoms with E-state index in [-0.39, 0.29) is 5.92 Å².